The zero-order valence-corrected chi connectivity index (χ0v) is 12.1. The highest BCUT2D eigenvalue weighted by atomic mass is 16.5. The van der Waals surface area contributed by atoms with E-state index in [1.54, 1.807) is 7.11 Å². The van der Waals surface area contributed by atoms with E-state index in [0.29, 0.717) is 0 Å². The van der Waals surface area contributed by atoms with Crippen LogP contribution < -0.4 is 10.1 Å². The molecule has 18 heavy (non-hydrogen) atoms. The molecule has 1 aromatic rings. The van der Waals surface area contributed by atoms with Gasteiger partial charge in [-0.05, 0) is 57.5 Å². The lowest BCUT2D eigenvalue weighted by atomic mass is 9.80. The van der Waals surface area contributed by atoms with Crippen LogP contribution in [-0.2, 0) is 0 Å². The van der Waals surface area contributed by atoms with Gasteiger partial charge in [0, 0.05) is 0 Å². The number of ether oxygens (including phenoxy) is 1. The minimum absolute atomic E-state index is 0.00658. The second-order valence-corrected chi connectivity index (χ2v) is 5.23. The van der Waals surface area contributed by atoms with Gasteiger partial charge in [0.2, 0.25) is 0 Å². The third kappa shape index (κ3) is 2.65. The first-order chi connectivity index (χ1) is 8.37. The molecular weight excluding hydrogens is 224 g/mol. The molecule has 0 saturated heterocycles. The fraction of sp³-hybridized carbons (Fsp3) is 0.533. The van der Waals surface area contributed by atoms with Crippen molar-refractivity contribution in [2.75, 3.05) is 14.2 Å². The molecule has 1 rings (SSSR count). The van der Waals surface area contributed by atoms with Gasteiger partial charge in [-0.3, -0.25) is 0 Å². The van der Waals surface area contributed by atoms with E-state index < -0.39 is 5.41 Å². The zero-order valence-electron chi connectivity index (χ0n) is 12.1. The molecule has 0 radical (unpaired) electrons. The van der Waals surface area contributed by atoms with Gasteiger partial charge in [-0.15, -0.1) is 0 Å². The monoisotopic (exact) mass is 246 g/mol. The molecule has 0 amide bonds. The first-order valence-electron chi connectivity index (χ1n) is 6.11. The number of methoxy groups -OCH3 is 1. The molecule has 0 aliphatic heterocycles. The second-order valence-electron chi connectivity index (χ2n) is 5.23. The maximum Gasteiger partial charge on any atom is 0.122 e. The summed E-state index contributed by atoms with van der Waals surface area (Å²) < 4.78 is 5.32. The minimum atomic E-state index is -0.458. The van der Waals surface area contributed by atoms with Gasteiger partial charge < -0.3 is 10.1 Å². The molecule has 1 aromatic carbocycles. The summed E-state index contributed by atoms with van der Waals surface area (Å²) in [5.41, 5.74) is 2.93. The molecule has 0 spiro atoms. The SMILES string of the molecule is CNC(c1cc(C)c(OC)cc1C)C(C)(C)C#N. The zero-order chi connectivity index (χ0) is 13.9. The number of nitrogens with one attached hydrogen (secondary N) is 1. The summed E-state index contributed by atoms with van der Waals surface area (Å²) in [7, 11) is 3.57. The molecule has 1 unspecified atom stereocenters. The van der Waals surface area contributed by atoms with E-state index in [1.165, 1.54) is 0 Å². The Morgan fingerprint density at radius 2 is 1.89 bits per heavy atom. The van der Waals surface area contributed by atoms with Crippen molar-refractivity contribution in [3.8, 4) is 11.8 Å². The molecule has 0 aliphatic carbocycles. The Kier molecular flexibility index (Phi) is 4.37. The van der Waals surface area contributed by atoms with E-state index in [2.05, 4.69) is 24.4 Å². The van der Waals surface area contributed by atoms with Crippen molar-refractivity contribution in [1.82, 2.24) is 5.32 Å². The van der Waals surface area contributed by atoms with Crippen molar-refractivity contribution < 1.29 is 4.74 Å². The van der Waals surface area contributed by atoms with Gasteiger partial charge in [-0.25, -0.2) is 0 Å². The summed E-state index contributed by atoms with van der Waals surface area (Å²) in [5.74, 6) is 0.890. The summed E-state index contributed by atoms with van der Waals surface area (Å²) in [6.45, 7) is 7.98. The van der Waals surface area contributed by atoms with Crippen molar-refractivity contribution in [1.29, 1.82) is 5.26 Å². The Balaban J connectivity index is 3.32. The molecule has 0 aromatic heterocycles. The summed E-state index contributed by atoms with van der Waals surface area (Å²) in [4.78, 5) is 0. The fourth-order valence-electron chi connectivity index (χ4n) is 2.31. The molecule has 3 nitrogen and oxygen atoms in total. The Morgan fingerprint density at radius 3 is 2.33 bits per heavy atom. The van der Waals surface area contributed by atoms with Crippen molar-refractivity contribution in [3.05, 3.63) is 28.8 Å². The summed E-state index contributed by atoms with van der Waals surface area (Å²) >= 11 is 0. The van der Waals surface area contributed by atoms with Crippen LogP contribution >= 0.6 is 0 Å². The van der Waals surface area contributed by atoms with Crippen LogP contribution in [0.4, 0.5) is 0 Å². The van der Waals surface area contributed by atoms with E-state index in [1.807, 2.05) is 33.9 Å². The van der Waals surface area contributed by atoms with Crippen LogP contribution in [0.5, 0.6) is 5.75 Å². The maximum atomic E-state index is 9.30. The molecule has 1 atom stereocenters. The molecule has 0 saturated carbocycles. The molecule has 98 valence electrons. The number of rotatable bonds is 4. The van der Waals surface area contributed by atoms with Gasteiger partial charge in [0.25, 0.3) is 0 Å². The van der Waals surface area contributed by atoms with Crippen LogP contribution in [0.3, 0.4) is 0 Å². The number of nitriles is 1. The molecule has 0 fully saturated rings. The Labute approximate surface area is 110 Å². The van der Waals surface area contributed by atoms with Crippen molar-refractivity contribution in [2.24, 2.45) is 5.41 Å². The summed E-state index contributed by atoms with van der Waals surface area (Å²) in [6.07, 6.45) is 0. The number of aryl methyl sites for hydroxylation is 2. The summed E-state index contributed by atoms with van der Waals surface area (Å²) in [6, 6.07) is 6.51. The highest BCUT2D eigenvalue weighted by Crippen LogP contribution is 2.36. The lowest BCUT2D eigenvalue weighted by Crippen LogP contribution is -2.31. The van der Waals surface area contributed by atoms with E-state index in [0.717, 1.165) is 22.4 Å². The first-order valence-corrected chi connectivity index (χ1v) is 6.11. The fourth-order valence-corrected chi connectivity index (χ4v) is 2.31. The maximum absolute atomic E-state index is 9.30. The van der Waals surface area contributed by atoms with Crippen molar-refractivity contribution in [3.63, 3.8) is 0 Å². The highest BCUT2D eigenvalue weighted by Gasteiger charge is 2.31. The van der Waals surface area contributed by atoms with Crippen LogP contribution in [0.15, 0.2) is 12.1 Å². The molecular formula is C15H22N2O. The van der Waals surface area contributed by atoms with Crippen LogP contribution in [0.25, 0.3) is 0 Å². The predicted octanol–water partition coefficient (Wildman–Crippen LogP) is 3.12. The number of benzene rings is 1. The largest absolute Gasteiger partial charge is 0.496 e. The van der Waals surface area contributed by atoms with Crippen LogP contribution in [0.1, 0.15) is 36.6 Å². The average molecular weight is 246 g/mol. The molecule has 3 heteroatoms. The smallest absolute Gasteiger partial charge is 0.122 e. The Hall–Kier alpha value is -1.53. The van der Waals surface area contributed by atoms with E-state index in [4.69, 9.17) is 4.74 Å². The van der Waals surface area contributed by atoms with Crippen LogP contribution in [0.2, 0.25) is 0 Å². The molecule has 0 heterocycles. The van der Waals surface area contributed by atoms with E-state index >= 15 is 0 Å². The van der Waals surface area contributed by atoms with Crippen molar-refractivity contribution in [2.45, 2.75) is 33.7 Å². The lowest BCUT2D eigenvalue weighted by molar-refractivity contribution is 0.342. The Morgan fingerprint density at radius 1 is 1.28 bits per heavy atom. The van der Waals surface area contributed by atoms with Gasteiger partial charge in [0.15, 0.2) is 0 Å². The predicted molar refractivity (Wildman–Crippen MR) is 73.7 cm³/mol. The third-order valence-corrected chi connectivity index (χ3v) is 3.39. The normalized spacial score (nSPS) is 12.9. The summed E-state index contributed by atoms with van der Waals surface area (Å²) in [5, 5.41) is 12.6. The lowest BCUT2D eigenvalue weighted by Gasteiger charge is -2.30. The number of nitrogens with zero attached hydrogens (tertiary/aromatic N) is 1. The van der Waals surface area contributed by atoms with Gasteiger partial charge in [-0.2, -0.15) is 5.26 Å². The van der Waals surface area contributed by atoms with Crippen molar-refractivity contribution >= 4 is 0 Å². The standard InChI is InChI=1S/C15H22N2O/c1-10-8-13(18-6)11(2)7-12(10)14(17-5)15(3,4)9-16/h7-8,14,17H,1-6H3. The van der Waals surface area contributed by atoms with E-state index in [-0.39, 0.29) is 6.04 Å². The number of hydrogen-bond donors (Lipinski definition) is 1. The highest BCUT2D eigenvalue weighted by molar-refractivity contribution is 5.43. The molecule has 0 aliphatic rings. The van der Waals surface area contributed by atoms with Gasteiger partial charge >= 0.3 is 0 Å². The van der Waals surface area contributed by atoms with Gasteiger partial charge in [-0.1, -0.05) is 6.07 Å². The third-order valence-electron chi connectivity index (χ3n) is 3.39. The second kappa shape index (κ2) is 5.41. The van der Waals surface area contributed by atoms with Crippen LogP contribution in [0, 0.1) is 30.6 Å². The van der Waals surface area contributed by atoms with Crippen LogP contribution in [-0.4, -0.2) is 14.2 Å². The topological polar surface area (TPSA) is 45.0 Å². The quantitative estimate of drug-likeness (QED) is 0.887. The van der Waals surface area contributed by atoms with Gasteiger partial charge in [0.05, 0.1) is 24.6 Å². The average Bonchev–Trinajstić information content (AvgIpc) is 2.33. The molecule has 1 N–H and O–H groups in total. The first kappa shape index (κ1) is 14.5. The van der Waals surface area contributed by atoms with E-state index in [9.17, 15) is 5.26 Å². The Bertz CT molecular complexity index is 472. The van der Waals surface area contributed by atoms with Gasteiger partial charge in [0.1, 0.15) is 5.75 Å². The minimum Gasteiger partial charge on any atom is -0.496 e. The molecule has 0 bridgehead atoms. The number of hydrogen-bond acceptors (Lipinski definition) is 3.